The first-order chi connectivity index (χ1) is 10.8. The van der Waals surface area contributed by atoms with Gasteiger partial charge in [0.25, 0.3) is 0 Å². The van der Waals surface area contributed by atoms with Crippen LogP contribution < -0.4 is 0 Å². The number of benzene rings is 3. The summed E-state index contributed by atoms with van der Waals surface area (Å²) in [4.78, 5) is 0. The van der Waals surface area contributed by atoms with Crippen molar-refractivity contribution >= 4 is 10.8 Å². The van der Waals surface area contributed by atoms with Crippen LogP contribution in [0.15, 0.2) is 54.6 Å². The Morgan fingerprint density at radius 2 is 1.64 bits per heavy atom. The van der Waals surface area contributed by atoms with E-state index in [1.807, 2.05) is 12.1 Å². The maximum Gasteiger partial charge on any atom is 0.105 e. The van der Waals surface area contributed by atoms with Crippen LogP contribution in [-0.2, 0) is 19.3 Å². The average molecular weight is 288 g/mol. The maximum absolute atomic E-state index is 10.9. The molecule has 110 valence electrons. The van der Waals surface area contributed by atoms with E-state index in [0.29, 0.717) is 0 Å². The van der Waals surface area contributed by atoms with E-state index in [9.17, 15) is 5.11 Å². The van der Waals surface area contributed by atoms with Gasteiger partial charge in [0.05, 0.1) is 0 Å². The molecule has 0 heterocycles. The summed E-state index contributed by atoms with van der Waals surface area (Å²) in [5.41, 5.74) is 6.13. The summed E-state index contributed by atoms with van der Waals surface area (Å²) in [5, 5.41) is 13.4. The highest BCUT2D eigenvalue weighted by Crippen LogP contribution is 2.36. The number of aliphatic hydroxyl groups excluding tert-OH is 1. The molecule has 3 aromatic rings. The van der Waals surface area contributed by atoms with Crippen molar-refractivity contribution in [3.63, 3.8) is 0 Å². The third-order valence-corrected chi connectivity index (χ3v) is 4.91. The first kappa shape index (κ1) is 13.5. The molecule has 0 aliphatic heterocycles. The lowest BCUT2D eigenvalue weighted by molar-refractivity contribution is 0.222. The quantitative estimate of drug-likeness (QED) is 0.748. The zero-order valence-corrected chi connectivity index (χ0v) is 12.8. The van der Waals surface area contributed by atoms with E-state index in [1.165, 1.54) is 27.5 Å². The van der Waals surface area contributed by atoms with Gasteiger partial charge in [0.15, 0.2) is 0 Å². The predicted molar refractivity (Wildman–Crippen MR) is 91.2 cm³/mol. The first-order valence-electron chi connectivity index (χ1n) is 8.08. The predicted octanol–water partition coefficient (Wildman–Crippen LogP) is 4.58. The zero-order chi connectivity index (χ0) is 15.1. The maximum atomic E-state index is 10.9. The lowest BCUT2D eigenvalue weighted by Crippen LogP contribution is -2.01. The molecule has 0 saturated carbocycles. The Bertz CT molecular complexity index is 820. The standard InChI is InChI=1S/C21H20O/c1-2-14-6-8-17(9-7-14)21(22)19-13-12-16-11-10-15-4-3-5-18(19)20(15)16/h3-9,12-13,21-22H,2,10-11H2,1H3/t21-/m0/s1. The van der Waals surface area contributed by atoms with Crippen molar-refractivity contribution in [1.29, 1.82) is 0 Å². The smallest absolute Gasteiger partial charge is 0.105 e. The fourth-order valence-corrected chi connectivity index (χ4v) is 3.62. The number of aliphatic hydroxyl groups is 1. The lowest BCUT2D eigenvalue weighted by Gasteiger charge is -2.16. The highest BCUT2D eigenvalue weighted by molar-refractivity contribution is 5.93. The second-order valence-electron chi connectivity index (χ2n) is 6.15. The van der Waals surface area contributed by atoms with E-state index < -0.39 is 6.10 Å². The van der Waals surface area contributed by atoms with Crippen LogP contribution in [0, 0.1) is 0 Å². The number of rotatable bonds is 3. The van der Waals surface area contributed by atoms with Crippen molar-refractivity contribution in [3.05, 3.63) is 82.4 Å². The van der Waals surface area contributed by atoms with Gasteiger partial charge in [0, 0.05) is 0 Å². The van der Waals surface area contributed by atoms with Crippen LogP contribution in [-0.4, -0.2) is 5.11 Å². The minimum Gasteiger partial charge on any atom is -0.384 e. The summed E-state index contributed by atoms with van der Waals surface area (Å²) in [5.74, 6) is 0. The van der Waals surface area contributed by atoms with Crippen LogP contribution in [0.1, 0.15) is 40.8 Å². The van der Waals surface area contributed by atoms with Crippen molar-refractivity contribution in [2.24, 2.45) is 0 Å². The van der Waals surface area contributed by atoms with Crippen molar-refractivity contribution in [1.82, 2.24) is 0 Å². The van der Waals surface area contributed by atoms with Gasteiger partial charge in [-0.15, -0.1) is 0 Å². The molecule has 3 aromatic carbocycles. The van der Waals surface area contributed by atoms with Crippen LogP contribution >= 0.6 is 0 Å². The van der Waals surface area contributed by atoms with Crippen molar-refractivity contribution in [2.45, 2.75) is 32.3 Å². The second-order valence-corrected chi connectivity index (χ2v) is 6.15. The van der Waals surface area contributed by atoms with Crippen LogP contribution in [0.4, 0.5) is 0 Å². The van der Waals surface area contributed by atoms with Gasteiger partial charge in [-0.25, -0.2) is 0 Å². The molecule has 22 heavy (non-hydrogen) atoms. The Hall–Kier alpha value is -2.12. The summed E-state index contributed by atoms with van der Waals surface area (Å²) < 4.78 is 0. The van der Waals surface area contributed by atoms with Crippen molar-refractivity contribution < 1.29 is 5.11 Å². The largest absolute Gasteiger partial charge is 0.384 e. The van der Waals surface area contributed by atoms with Gasteiger partial charge in [0.2, 0.25) is 0 Å². The van der Waals surface area contributed by atoms with E-state index in [4.69, 9.17) is 0 Å². The Labute approximate surface area is 131 Å². The summed E-state index contributed by atoms with van der Waals surface area (Å²) in [6.07, 6.45) is 2.71. The molecular formula is C21H20O. The van der Waals surface area contributed by atoms with Crippen LogP contribution in [0.3, 0.4) is 0 Å². The van der Waals surface area contributed by atoms with Gasteiger partial charge < -0.3 is 5.11 Å². The molecule has 1 nitrogen and oxygen atoms in total. The van der Waals surface area contributed by atoms with Gasteiger partial charge in [0.1, 0.15) is 6.10 Å². The molecule has 0 aromatic heterocycles. The Morgan fingerprint density at radius 1 is 0.909 bits per heavy atom. The molecule has 0 spiro atoms. The van der Waals surface area contributed by atoms with E-state index in [2.05, 4.69) is 49.4 Å². The first-order valence-corrected chi connectivity index (χ1v) is 8.08. The molecule has 0 saturated heterocycles. The zero-order valence-electron chi connectivity index (χ0n) is 12.8. The molecule has 0 radical (unpaired) electrons. The minimum atomic E-state index is -0.559. The molecular weight excluding hydrogens is 268 g/mol. The van der Waals surface area contributed by atoms with Crippen LogP contribution in [0.25, 0.3) is 10.8 Å². The van der Waals surface area contributed by atoms with Gasteiger partial charge in [-0.1, -0.05) is 61.5 Å². The molecule has 1 atom stereocenters. The topological polar surface area (TPSA) is 20.2 Å². The van der Waals surface area contributed by atoms with Crippen LogP contribution in [0.2, 0.25) is 0 Å². The highest BCUT2D eigenvalue weighted by Gasteiger charge is 2.19. The fourth-order valence-electron chi connectivity index (χ4n) is 3.62. The van der Waals surface area contributed by atoms with E-state index in [0.717, 1.165) is 30.4 Å². The second kappa shape index (κ2) is 5.26. The highest BCUT2D eigenvalue weighted by atomic mass is 16.3. The number of hydrogen-bond donors (Lipinski definition) is 1. The molecule has 0 unspecified atom stereocenters. The summed E-state index contributed by atoms with van der Waals surface area (Å²) >= 11 is 0. The molecule has 1 aliphatic rings. The van der Waals surface area contributed by atoms with Crippen LogP contribution in [0.5, 0.6) is 0 Å². The molecule has 4 rings (SSSR count). The Kier molecular flexibility index (Phi) is 3.24. The third kappa shape index (κ3) is 2.05. The Morgan fingerprint density at radius 3 is 2.36 bits per heavy atom. The number of aryl methyl sites for hydroxylation is 3. The molecule has 0 amide bonds. The van der Waals surface area contributed by atoms with Gasteiger partial charge in [-0.3, -0.25) is 0 Å². The Balaban J connectivity index is 1.83. The molecule has 0 fully saturated rings. The van der Waals surface area contributed by atoms with Gasteiger partial charge >= 0.3 is 0 Å². The van der Waals surface area contributed by atoms with Crippen molar-refractivity contribution in [3.8, 4) is 0 Å². The normalized spacial score (nSPS) is 14.5. The minimum absolute atomic E-state index is 0.559. The third-order valence-electron chi connectivity index (χ3n) is 4.91. The summed E-state index contributed by atoms with van der Waals surface area (Å²) in [6.45, 7) is 2.15. The van der Waals surface area contributed by atoms with Crippen molar-refractivity contribution in [2.75, 3.05) is 0 Å². The average Bonchev–Trinajstić information content (AvgIpc) is 3.00. The molecule has 1 N–H and O–H groups in total. The van der Waals surface area contributed by atoms with E-state index in [-0.39, 0.29) is 0 Å². The lowest BCUT2D eigenvalue weighted by atomic mass is 9.93. The SMILES string of the molecule is CCc1ccc([C@H](O)c2ccc3c4c(cccc24)CC3)cc1. The van der Waals surface area contributed by atoms with E-state index in [1.54, 1.807) is 0 Å². The molecule has 0 bridgehead atoms. The fraction of sp³-hybridized carbons (Fsp3) is 0.238. The number of hydrogen-bond acceptors (Lipinski definition) is 1. The molecule has 1 aliphatic carbocycles. The summed E-state index contributed by atoms with van der Waals surface area (Å²) in [6, 6.07) is 19.1. The molecule has 1 heteroatoms. The monoisotopic (exact) mass is 288 g/mol. The van der Waals surface area contributed by atoms with Gasteiger partial charge in [-0.2, -0.15) is 0 Å². The van der Waals surface area contributed by atoms with Gasteiger partial charge in [-0.05, 0) is 57.9 Å². The van der Waals surface area contributed by atoms with E-state index >= 15 is 0 Å². The summed E-state index contributed by atoms with van der Waals surface area (Å²) in [7, 11) is 0.